The van der Waals surface area contributed by atoms with Crippen LogP contribution in [0.2, 0.25) is 0 Å². The number of hydrogen-bond donors (Lipinski definition) is 3. The van der Waals surface area contributed by atoms with Gasteiger partial charge in [-0.2, -0.15) is 5.10 Å². The average Bonchev–Trinajstić information content (AvgIpc) is 3.62. The zero-order chi connectivity index (χ0) is 26.2. The molecule has 1 fully saturated rings. The predicted molar refractivity (Wildman–Crippen MR) is 153 cm³/mol. The molecule has 9 nitrogen and oxygen atoms in total. The van der Waals surface area contributed by atoms with E-state index in [9.17, 15) is 0 Å². The maximum absolute atomic E-state index is 4.92. The lowest BCUT2D eigenvalue weighted by molar-refractivity contribution is 0.405. The van der Waals surface area contributed by atoms with Crippen molar-refractivity contribution in [2.75, 3.05) is 5.32 Å². The fraction of sp³-hybridized carbons (Fsp3) is 0.200. The summed E-state index contributed by atoms with van der Waals surface area (Å²) >= 11 is 0. The van der Waals surface area contributed by atoms with Gasteiger partial charge in [-0.15, -0.1) is 0 Å². The van der Waals surface area contributed by atoms with Crippen molar-refractivity contribution in [2.45, 2.75) is 32.1 Å². The van der Waals surface area contributed by atoms with E-state index in [0.29, 0.717) is 11.7 Å². The molecule has 39 heavy (non-hydrogen) atoms. The highest BCUT2D eigenvalue weighted by Gasteiger charge is 2.18. The lowest BCUT2D eigenvalue weighted by atomic mass is 9.87. The van der Waals surface area contributed by atoms with E-state index in [2.05, 4.69) is 53.1 Å². The van der Waals surface area contributed by atoms with Gasteiger partial charge < -0.3 is 10.3 Å². The Morgan fingerprint density at radius 2 is 1.72 bits per heavy atom. The van der Waals surface area contributed by atoms with Gasteiger partial charge in [0.2, 0.25) is 0 Å². The molecule has 0 unspecified atom stereocenters. The van der Waals surface area contributed by atoms with E-state index in [-0.39, 0.29) is 0 Å². The van der Waals surface area contributed by atoms with Gasteiger partial charge in [-0.1, -0.05) is 25.8 Å². The first-order chi connectivity index (χ1) is 19.2. The van der Waals surface area contributed by atoms with Gasteiger partial charge in [0.05, 0.1) is 46.5 Å². The number of rotatable bonds is 6. The number of aromatic amines is 2. The zero-order valence-electron chi connectivity index (χ0n) is 21.4. The molecule has 0 saturated heterocycles. The van der Waals surface area contributed by atoms with Gasteiger partial charge in [-0.05, 0) is 48.6 Å². The molecule has 1 aliphatic rings. The van der Waals surface area contributed by atoms with E-state index in [1.165, 1.54) is 32.1 Å². The monoisotopic (exact) mass is 513 g/mol. The topological polar surface area (TPSA) is 121 Å². The summed E-state index contributed by atoms with van der Waals surface area (Å²) in [5.74, 6) is 1.18. The molecule has 7 rings (SSSR count). The third-order valence-electron chi connectivity index (χ3n) is 7.49. The Bertz CT molecular complexity index is 1800. The number of H-pyrrole nitrogens is 2. The Hall–Kier alpha value is -4.92. The first-order valence-corrected chi connectivity index (χ1v) is 13.2. The number of fused-ring (bicyclic) bond motifs is 2. The molecule has 0 spiro atoms. The molecule has 6 aromatic rings. The first kappa shape index (κ1) is 23.2. The quantitative estimate of drug-likeness (QED) is 0.232. The minimum Gasteiger partial charge on any atom is -0.358 e. The lowest BCUT2D eigenvalue weighted by Gasteiger charge is -2.24. The summed E-state index contributed by atoms with van der Waals surface area (Å²) in [5, 5.41) is 12.1. The SMILES string of the molecule is C=C(Nc1cncc(-c2cc3c(-c4nc5c(-c6ccncc6)cncc5[nH]4)n[nH]c3cn2)c1)C1CCCCC1. The van der Waals surface area contributed by atoms with Gasteiger partial charge in [0.1, 0.15) is 5.69 Å². The fourth-order valence-corrected chi connectivity index (χ4v) is 5.43. The van der Waals surface area contributed by atoms with Crippen molar-refractivity contribution in [1.29, 1.82) is 0 Å². The summed E-state index contributed by atoms with van der Waals surface area (Å²) in [7, 11) is 0. The summed E-state index contributed by atoms with van der Waals surface area (Å²) in [6, 6.07) is 8.01. The van der Waals surface area contributed by atoms with Gasteiger partial charge in [0, 0.05) is 47.0 Å². The molecule has 0 aliphatic heterocycles. The highest BCUT2D eigenvalue weighted by molar-refractivity contribution is 5.97. The van der Waals surface area contributed by atoms with Crippen molar-refractivity contribution >= 4 is 27.6 Å². The van der Waals surface area contributed by atoms with Crippen LogP contribution in [-0.2, 0) is 0 Å². The molecule has 9 heteroatoms. The fourth-order valence-electron chi connectivity index (χ4n) is 5.43. The van der Waals surface area contributed by atoms with E-state index < -0.39 is 0 Å². The number of imidazole rings is 1. The average molecular weight is 514 g/mol. The lowest BCUT2D eigenvalue weighted by Crippen LogP contribution is -2.14. The first-order valence-electron chi connectivity index (χ1n) is 13.2. The summed E-state index contributed by atoms with van der Waals surface area (Å²) in [4.78, 5) is 26.0. The number of nitrogens with one attached hydrogen (secondary N) is 3. The van der Waals surface area contributed by atoms with Gasteiger partial charge in [0.25, 0.3) is 0 Å². The molecule has 192 valence electrons. The minimum atomic E-state index is 0.517. The number of aromatic nitrogens is 8. The normalized spacial score (nSPS) is 14.2. The van der Waals surface area contributed by atoms with Crippen LogP contribution in [0.4, 0.5) is 5.69 Å². The second-order valence-electron chi connectivity index (χ2n) is 10.0. The Morgan fingerprint density at radius 1 is 0.872 bits per heavy atom. The molecule has 0 aromatic carbocycles. The van der Waals surface area contributed by atoms with Crippen LogP contribution >= 0.6 is 0 Å². The summed E-state index contributed by atoms with van der Waals surface area (Å²) < 4.78 is 0. The van der Waals surface area contributed by atoms with Crippen molar-refractivity contribution in [2.24, 2.45) is 5.92 Å². The molecule has 6 aromatic heterocycles. The van der Waals surface area contributed by atoms with Crippen molar-refractivity contribution in [3.05, 3.63) is 79.9 Å². The predicted octanol–water partition coefficient (Wildman–Crippen LogP) is 6.53. The number of nitrogens with zero attached hydrogens (tertiary/aromatic N) is 6. The third kappa shape index (κ3) is 4.41. The van der Waals surface area contributed by atoms with Crippen LogP contribution < -0.4 is 5.32 Å². The van der Waals surface area contributed by atoms with Crippen LogP contribution in [-0.4, -0.2) is 40.1 Å². The van der Waals surface area contributed by atoms with Crippen molar-refractivity contribution in [3.63, 3.8) is 0 Å². The number of pyridine rings is 4. The highest BCUT2D eigenvalue weighted by atomic mass is 15.1. The van der Waals surface area contributed by atoms with Gasteiger partial charge in [0.15, 0.2) is 5.82 Å². The highest BCUT2D eigenvalue weighted by Crippen LogP contribution is 2.33. The second-order valence-corrected chi connectivity index (χ2v) is 10.0. The van der Waals surface area contributed by atoms with E-state index >= 15 is 0 Å². The second kappa shape index (κ2) is 9.75. The van der Waals surface area contributed by atoms with Crippen molar-refractivity contribution in [1.82, 2.24) is 40.1 Å². The summed E-state index contributed by atoms with van der Waals surface area (Å²) in [6.45, 7) is 4.31. The van der Waals surface area contributed by atoms with E-state index in [1.807, 2.05) is 36.8 Å². The molecular formula is C30H27N9. The largest absolute Gasteiger partial charge is 0.358 e. The molecule has 1 aliphatic carbocycles. The van der Waals surface area contributed by atoms with Crippen LogP contribution in [0.25, 0.3) is 55.8 Å². The molecule has 0 radical (unpaired) electrons. The number of hydrogen-bond acceptors (Lipinski definition) is 7. The van der Waals surface area contributed by atoms with Crippen LogP contribution in [0, 0.1) is 5.92 Å². The molecule has 0 amide bonds. The zero-order valence-corrected chi connectivity index (χ0v) is 21.4. The van der Waals surface area contributed by atoms with Gasteiger partial charge in [-0.25, -0.2) is 4.98 Å². The van der Waals surface area contributed by atoms with E-state index in [0.717, 1.165) is 61.4 Å². The van der Waals surface area contributed by atoms with Crippen molar-refractivity contribution in [3.8, 4) is 33.9 Å². The van der Waals surface area contributed by atoms with Crippen LogP contribution in [0.1, 0.15) is 32.1 Å². The van der Waals surface area contributed by atoms with Gasteiger partial charge in [-0.3, -0.25) is 25.0 Å². The Balaban J connectivity index is 1.23. The number of allylic oxidation sites excluding steroid dienone is 1. The van der Waals surface area contributed by atoms with Gasteiger partial charge >= 0.3 is 0 Å². The maximum atomic E-state index is 4.92. The minimum absolute atomic E-state index is 0.517. The van der Waals surface area contributed by atoms with E-state index in [4.69, 9.17) is 4.98 Å². The summed E-state index contributed by atoms with van der Waals surface area (Å²) in [5.41, 5.74) is 8.87. The maximum Gasteiger partial charge on any atom is 0.159 e. The Morgan fingerprint density at radius 3 is 2.59 bits per heavy atom. The van der Waals surface area contributed by atoms with Crippen LogP contribution in [0.15, 0.2) is 79.9 Å². The van der Waals surface area contributed by atoms with Crippen LogP contribution in [0.3, 0.4) is 0 Å². The van der Waals surface area contributed by atoms with E-state index in [1.54, 1.807) is 24.8 Å². The van der Waals surface area contributed by atoms with Crippen LogP contribution in [0.5, 0.6) is 0 Å². The Kier molecular flexibility index (Phi) is 5.81. The van der Waals surface area contributed by atoms with Crippen molar-refractivity contribution < 1.29 is 0 Å². The molecule has 3 N–H and O–H groups in total. The standard InChI is InChI=1S/C30H27N9/c1-18(19-5-3-2-4-6-19)35-22-11-21(13-32-14-22)25-12-23-26(17-34-25)38-39-29(23)30-36-27-16-33-15-24(28(27)37-30)20-7-9-31-10-8-20/h7-17,19,35H,1-6H2,(H,36,37)(H,38,39). The smallest absolute Gasteiger partial charge is 0.159 e. The summed E-state index contributed by atoms with van der Waals surface area (Å²) in [6.07, 6.45) is 18.9. The Labute approximate surface area is 224 Å². The molecule has 6 heterocycles. The molecule has 0 bridgehead atoms. The molecule has 1 saturated carbocycles. The molecule has 0 atom stereocenters. The third-order valence-corrected chi connectivity index (χ3v) is 7.49. The number of anilines is 1. The molecular weight excluding hydrogens is 486 g/mol.